The summed E-state index contributed by atoms with van der Waals surface area (Å²) in [7, 11) is 0. The van der Waals surface area contributed by atoms with Crippen molar-refractivity contribution in [1.82, 2.24) is 5.32 Å². The molecule has 0 fully saturated rings. The number of nitrogens with two attached hydrogens (primary N) is 1. The van der Waals surface area contributed by atoms with Crippen molar-refractivity contribution in [2.24, 2.45) is 5.73 Å². The van der Waals surface area contributed by atoms with Gasteiger partial charge in [-0.1, -0.05) is 0 Å². The monoisotopic (exact) mass is 456 g/mol. The van der Waals surface area contributed by atoms with Crippen molar-refractivity contribution >= 4 is 5.91 Å². The molecule has 3 nitrogen and oxygen atoms in total. The molecule has 0 bridgehead atoms. The summed E-state index contributed by atoms with van der Waals surface area (Å²) in [5.41, 5.74) is 4.63. The summed E-state index contributed by atoms with van der Waals surface area (Å²) in [6, 6.07) is 0. The van der Waals surface area contributed by atoms with Gasteiger partial charge >= 0.3 is 41.7 Å². The van der Waals surface area contributed by atoms with Gasteiger partial charge in [0.1, 0.15) is 0 Å². The second kappa shape index (κ2) is 7.01. The normalized spacial score (nSPS) is 15.6. The highest BCUT2D eigenvalue weighted by atomic mass is 19.4. The zero-order valence-electron chi connectivity index (χ0n) is 12.6. The lowest BCUT2D eigenvalue weighted by atomic mass is 9.91. The van der Waals surface area contributed by atoms with Crippen LogP contribution in [0.3, 0.4) is 0 Å². The Kier molecular flexibility index (Phi) is 6.61. The largest absolute Gasteiger partial charge is 0.460 e. The van der Waals surface area contributed by atoms with Crippen LogP contribution in [-0.4, -0.2) is 60.7 Å². The molecule has 18 heteroatoms. The number of hydrogen-bond acceptors (Lipinski definition) is 2. The van der Waals surface area contributed by atoms with Crippen molar-refractivity contribution in [2.75, 3.05) is 13.1 Å². The maximum absolute atomic E-state index is 13.2. The lowest BCUT2D eigenvalue weighted by molar-refractivity contribution is -0.449. The van der Waals surface area contributed by atoms with Crippen LogP contribution in [0.15, 0.2) is 0 Å². The van der Waals surface area contributed by atoms with Crippen LogP contribution in [0.25, 0.3) is 0 Å². The Labute approximate surface area is 144 Å². The Balaban J connectivity index is 6.43. The Morgan fingerprint density at radius 2 is 0.929 bits per heavy atom. The highest BCUT2D eigenvalue weighted by Gasteiger charge is 2.94. The fraction of sp³-hybridized carbons (Fsp3) is 0.900. The van der Waals surface area contributed by atoms with Crippen LogP contribution in [-0.2, 0) is 4.79 Å². The van der Waals surface area contributed by atoms with E-state index >= 15 is 0 Å². The molecule has 0 aliphatic heterocycles. The number of nitrogens with one attached hydrogen (secondary N) is 1. The molecule has 0 aromatic rings. The summed E-state index contributed by atoms with van der Waals surface area (Å²) in [6.07, 6.45) is -7.67. The molecule has 0 aromatic heterocycles. The van der Waals surface area contributed by atoms with E-state index in [2.05, 4.69) is 5.73 Å². The molecule has 0 radical (unpaired) electrons. The number of halogens is 15. The predicted octanol–water partition coefficient (Wildman–Crippen LogP) is 3.44. The number of alkyl halides is 15. The number of carbonyl (C=O) groups is 1. The summed E-state index contributed by atoms with van der Waals surface area (Å²) in [6.45, 7) is -1.94. The van der Waals surface area contributed by atoms with E-state index in [0.717, 1.165) is 0 Å². The molecule has 0 heterocycles. The number of carbonyl (C=O) groups excluding carboxylic acids is 1. The van der Waals surface area contributed by atoms with Crippen LogP contribution in [0.4, 0.5) is 65.9 Å². The summed E-state index contributed by atoms with van der Waals surface area (Å²) in [4.78, 5) is 10.8. The van der Waals surface area contributed by atoms with E-state index in [1.165, 1.54) is 0 Å². The van der Waals surface area contributed by atoms with Crippen LogP contribution < -0.4 is 11.1 Å². The Hall–Kier alpha value is -1.62. The van der Waals surface area contributed by atoms with E-state index in [1.807, 2.05) is 0 Å². The minimum atomic E-state index is -8.42. The molecule has 0 saturated carbocycles. The molecule has 1 amide bonds. The zero-order valence-corrected chi connectivity index (χ0v) is 12.6. The molecule has 0 atom stereocenters. The van der Waals surface area contributed by atoms with Crippen LogP contribution >= 0.6 is 0 Å². The topological polar surface area (TPSA) is 55.1 Å². The van der Waals surface area contributed by atoms with Gasteiger partial charge in [-0.15, -0.1) is 0 Å². The van der Waals surface area contributed by atoms with Crippen molar-refractivity contribution < 1.29 is 70.7 Å². The minimum absolute atomic E-state index is 0.708. The van der Waals surface area contributed by atoms with Crippen molar-refractivity contribution in [3.05, 3.63) is 0 Å². The third kappa shape index (κ3) is 3.42. The average Bonchev–Trinajstić information content (AvgIpc) is 2.50. The third-order valence-corrected chi connectivity index (χ3v) is 3.04. The van der Waals surface area contributed by atoms with Crippen molar-refractivity contribution in [1.29, 1.82) is 0 Å². The Morgan fingerprint density at radius 1 is 0.607 bits per heavy atom. The molecular weight excluding hydrogens is 449 g/mol. The van der Waals surface area contributed by atoms with Crippen molar-refractivity contribution in [3.63, 3.8) is 0 Å². The first-order valence-corrected chi connectivity index (χ1v) is 6.30. The second-order valence-corrected chi connectivity index (χ2v) is 4.99. The molecule has 28 heavy (non-hydrogen) atoms. The van der Waals surface area contributed by atoms with E-state index in [-0.39, 0.29) is 0 Å². The molecule has 0 aliphatic carbocycles. The van der Waals surface area contributed by atoms with Crippen LogP contribution in [0.2, 0.25) is 0 Å². The fourth-order valence-electron chi connectivity index (χ4n) is 1.41. The van der Waals surface area contributed by atoms with Crippen molar-refractivity contribution in [3.8, 4) is 0 Å². The first kappa shape index (κ1) is 26.4. The summed E-state index contributed by atoms with van der Waals surface area (Å²) in [5.74, 6) is -51.4. The molecule has 3 N–H and O–H groups in total. The quantitative estimate of drug-likeness (QED) is 0.551. The molecule has 0 spiro atoms. The van der Waals surface area contributed by atoms with E-state index in [0.29, 0.717) is 5.32 Å². The summed E-state index contributed by atoms with van der Waals surface area (Å²) in [5, 5.41) is 0.708. The summed E-state index contributed by atoms with van der Waals surface area (Å²) < 4.78 is 192. The van der Waals surface area contributed by atoms with Gasteiger partial charge in [0, 0.05) is 13.1 Å². The first-order chi connectivity index (χ1) is 12.0. The fourth-order valence-corrected chi connectivity index (χ4v) is 1.41. The van der Waals surface area contributed by atoms with Gasteiger partial charge in [-0.05, 0) is 0 Å². The number of rotatable bonds is 8. The number of hydrogen-bond donors (Lipinski definition) is 2. The molecular formula is C10H7F15N2O. The van der Waals surface area contributed by atoms with E-state index in [1.54, 1.807) is 0 Å². The maximum Gasteiger partial charge on any atom is 0.460 e. The van der Waals surface area contributed by atoms with E-state index in [9.17, 15) is 70.7 Å². The standard InChI is InChI=1S/C10H7F15N2O/c11-4(12,3(28)27-2-1-26)5(13,14)6(15,16)7(17,18)8(19,20)9(21,22)10(23,24)25/h1-2,26H2,(H,27,28). The average molecular weight is 456 g/mol. The van der Waals surface area contributed by atoms with Gasteiger partial charge in [0.05, 0.1) is 0 Å². The SMILES string of the molecule is NCCNC(=O)C(F)(F)C(F)(F)C(F)(F)C(F)(F)C(F)(F)C(F)(F)C(F)(F)F. The third-order valence-electron chi connectivity index (χ3n) is 3.04. The second-order valence-electron chi connectivity index (χ2n) is 4.99. The highest BCUT2D eigenvalue weighted by molar-refractivity contribution is 5.84. The molecule has 168 valence electrons. The highest BCUT2D eigenvalue weighted by Crippen LogP contribution is 2.62. The maximum atomic E-state index is 13.2. The Morgan fingerprint density at radius 3 is 1.25 bits per heavy atom. The van der Waals surface area contributed by atoms with Gasteiger partial charge in [0.15, 0.2) is 0 Å². The number of amides is 1. The van der Waals surface area contributed by atoms with Gasteiger partial charge in [0.2, 0.25) is 0 Å². The lowest BCUT2D eigenvalue weighted by Crippen LogP contribution is -2.74. The lowest BCUT2D eigenvalue weighted by Gasteiger charge is -2.41. The van der Waals surface area contributed by atoms with Gasteiger partial charge in [-0.25, -0.2) is 0 Å². The van der Waals surface area contributed by atoms with E-state index < -0.39 is 60.7 Å². The predicted molar refractivity (Wildman–Crippen MR) is 57.8 cm³/mol. The minimum Gasteiger partial charge on any atom is -0.349 e. The van der Waals surface area contributed by atoms with Crippen LogP contribution in [0, 0.1) is 0 Å². The van der Waals surface area contributed by atoms with Crippen LogP contribution in [0.1, 0.15) is 0 Å². The van der Waals surface area contributed by atoms with Gasteiger partial charge < -0.3 is 11.1 Å². The zero-order chi connectivity index (χ0) is 23.2. The molecule has 0 unspecified atom stereocenters. The smallest absolute Gasteiger partial charge is 0.349 e. The molecule has 0 aliphatic rings. The molecule has 0 aromatic carbocycles. The summed E-state index contributed by atoms with van der Waals surface area (Å²) >= 11 is 0. The molecule has 0 rings (SSSR count). The van der Waals surface area contributed by atoms with Gasteiger partial charge in [-0.2, -0.15) is 65.9 Å². The van der Waals surface area contributed by atoms with Crippen LogP contribution in [0.5, 0.6) is 0 Å². The van der Waals surface area contributed by atoms with Gasteiger partial charge in [-0.3, -0.25) is 4.79 Å². The first-order valence-electron chi connectivity index (χ1n) is 6.30. The van der Waals surface area contributed by atoms with Gasteiger partial charge in [0.25, 0.3) is 5.91 Å². The Bertz CT molecular complexity index is 582. The van der Waals surface area contributed by atoms with E-state index in [4.69, 9.17) is 0 Å². The molecule has 0 saturated heterocycles. The van der Waals surface area contributed by atoms with Crippen molar-refractivity contribution in [2.45, 2.75) is 41.7 Å².